The van der Waals surface area contributed by atoms with Crippen LogP contribution in [0.15, 0.2) is 22.8 Å². The number of hydrogen-bond acceptors (Lipinski definition) is 2. The number of furan rings is 1. The molecule has 0 amide bonds. The highest BCUT2D eigenvalue weighted by Crippen LogP contribution is 2.45. The van der Waals surface area contributed by atoms with E-state index in [1.807, 2.05) is 6.07 Å². The van der Waals surface area contributed by atoms with Crippen molar-refractivity contribution in [1.29, 1.82) is 0 Å². The van der Waals surface area contributed by atoms with E-state index in [9.17, 15) is 5.11 Å². The highest BCUT2D eigenvalue weighted by Gasteiger charge is 2.70. The van der Waals surface area contributed by atoms with Gasteiger partial charge in [0.15, 0.2) is 0 Å². The van der Waals surface area contributed by atoms with Crippen LogP contribution in [0.5, 0.6) is 0 Å². The van der Waals surface area contributed by atoms with Gasteiger partial charge in [-0.05, 0) is 25.0 Å². The van der Waals surface area contributed by atoms with Gasteiger partial charge in [0.2, 0.25) is 5.76 Å². The molecule has 0 unspecified atom stereocenters. The van der Waals surface area contributed by atoms with Gasteiger partial charge in [-0.2, -0.15) is 0 Å². The lowest BCUT2D eigenvalue weighted by atomic mass is 9.56. The summed E-state index contributed by atoms with van der Waals surface area (Å²) in [4.78, 5) is 3.30. The monoisotopic (exact) mass is 306 g/mol. The van der Waals surface area contributed by atoms with Crippen LogP contribution in [0.4, 0.5) is 0 Å². The van der Waals surface area contributed by atoms with Gasteiger partial charge in [-0.15, -0.1) is 0 Å². The summed E-state index contributed by atoms with van der Waals surface area (Å²) in [6, 6.07) is 4.16. The molecule has 4 heteroatoms. The molecule has 0 atom stereocenters. The van der Waals surface area contributed by atoms with E-state index in [2.05, 4.69) is 19.9 Å². The zero-order valence-corrected chi connectivity index (χ0v) is 13.9. The molecule has 1 aromatic heterocycles. The zero-order valence-electron chi connectivity index (χ0n) is 13.9. The Kier molecular flexibility index (Phi) is 3.40. The molecule has 5 rings (SSSR count). The second-order valence-corrected chi connectivity index (χ2v) is 8.10. The average Bonchev–Trinajstić information content (AvgIpc) is 2.98. The van der Waals surface area contributed by atoms with Gasteiger partial charge in [0, 0.05) is 0 Å². The zero-order chi connectivity index (χ0) is 15.4. The summed E-state index contributed by atoms with van der Waals surface area (Å²) in [6.45, 7) is 8.98. The number of hydrogen-bond donors (Lipinski definition) is 3. The van der Waals surface area contributed by atoms with Crippen LogP contribution >= 0.6 is 0 Å². The van der Waals surface area contributed by atoms with Gasteiger partial charge >= 0.3 is 0 Å². The molecule has 4 bridgehead atoms. The molecule has 0 aliphatic carbocycles. The third-order valence-electron chi connectivity index (χ3n) is 6.62. The van der Waals surface area contributed by atoms with Crippen LogP contribution < -0.4 is 9.80 Å². The Morgan fingerprint density at radius 1 is 1.09 bits per heavy atom. The van der Waals surface area contributed by atoms with E-state index in [1.165, 1.54) is 12.8 Å². The van der Waals surface area contributed by atoms with Gasteiger partial charge < -0.3 is 9.52 Å². The van der Waals surface area contributed by atoms with Crippen molar-refractivity contribution in [2.45, 2.75) is 51.8 Å². The third kappa shape index (κ3) is 1.87. The van der Waals surface area contributed by atoms with Crippen molar-refractivity contribution < 1.29 is 19.3 Å². The summed E-state index contributed by atoms with van der Waals surface area (Å²) in [5, 5.41) is 11.3. The number of piperidine rings is 2. The smallest absolute Gasteiger partial charge is 0.273 e. The molecule has 0 radical (unpaired) electrons. The lowest BCUT2D eigenvalue weighted by Crippen LogP contribution is -3.41. The van der Waals surface area contributed by atoms with Crippen LogP contribution in [0.1, 0.15) is 51.5 Å². The molecule has 1 aromatic rings. The maximum absolute atomic E-state index is 11.3. The van der Waals surface area contributed by atoms with Crippen LogP contribution in [0, 0.1) is 10.8 Å². The molecule has 5 heterocycles. The molecule has 22 heavy (non-hydrogen) atoms. The molecule has 4 saturated heterocycles. The second-order valence-electron chi connectivity index (χ2n) is 8.10. The summed E-state index contributed by atoms with van der Waals surface area (Å²) in [6.07, 6.45) is 6.81. The van der Waals surface area contributed by atoms with Gasteiger partial charge in [0.1, 0.15) is 0 Å². The fraction of sp³-hybridized carbons (Fsp3) is 0.778. The summed E-state index contributed by atoms with van der Waals surface area (Å²) in [5.74, 6) is 1.14. The van der Waals surface area contributed by atoms with E-state index in [-0.39, 0.29) is 16.9 Å². The maximum Gasteiger partial charge on any atom is 0.273 e. The predicted octanol–water partition coefficient (Wildman–Crippen LogP) is 0.0227. The molecule has 4 nitrogen and oxygen atoms in total. The van der Waals surface area contributed by atoms with Crippen LogP contribution in [0.2, 0.25) is 0 Å². The Bertz CT molecular complexity index is 485. The average molecular weight is 306 g/mol. The molecular weight excluding hydrogens is 276 g/mol. The summed E-state index contributed by atoms with van der Waals surface area (Å²) in [7, 11) is 0. The van der Waals surface area contributed by atoms with Crippen LogP contribution in [0.25, 0.3) is 0 Å². The van der Waals surface area contributed by atoms with E-state index in [4.69, 9.17) is 4.42 Å². The fourth-order valence-corrected chi connectivity index (χ4v) is 6.27. The summed E-state index contributed by atoms with van der Waals surface area (Å²) in [5.41, 5.74) is 0.266. The number of rotatable bonds is 5. The fourth-order valence-electron chi connectivity index (χ4n) is 6.27. The molecule has 122 valence electrons. The van der Waals surface area contributed by atoms with Crippen molar-refractivity contribution in [3.8, 4) is 0 Å². The van der Waals surface area contributed by atoms with Gasteiger partial charge in [0.05, 0.1) is 49.4 Å². The van der Waals surface area contributed by atoms with Crippen LogP contribution in [-0.2, 0) is 0 Å². The molecule has 4 fully saturated rings. The Morgan fingerprint density at radius 3 is 2.05 bits per heavy atom. The second kappa shape index (κ2) is 5.08. The number of nitrogens with one attached hydrogen (secondary N) is 2. The van der Waals surface area contributed by atoms with E-state index in [1.54, 1.807) is 16.1 Å². The maximum atomic E-state index is 11.3. The van der Waals surface area contributed by atoms with Crippen molar-refractivity contribution in [3.05, 3.63) is 24.2 Å². The lowest BCUT2D eigenvalue weighted by Gasteiger charge is -2.64. The first-order chi connectivity index (χ1) is 10.6. The number of aliphatic hydroxyl groups is 1. The van der Waals surface area contributed by atoms with Gasteiger partial charge in [-0.1, -0.05) is 26.7 Å². The highest BCUT2D eigenvalue weighted by molar-refractivity contribution is 5.07. The van der Waals surface area contributed by atoms with E-state index in [0.717, 1.165) is 44.8 Å². The Hall–Kier alpha value is -0.840. The van der Waals surface area contributed by atoms with Crippen molar-refractivity contribution in [2.24, 2.45) is 10.8 Å². The van der Waals surface area contributed by atoms with Crippen molar-refractivity contribution in [2.75, 3.05) is 26.2 Å². The standard InChI is InChI=1S/C18H28N2O2/c1-3-7-17-10-19-12-18(8-4-2,16(17)21)13-20(11-17)15(19)14-6-5-9-22-14/h5-6,9,15-16,21H,3-4,7-8,10-13H2,1-2H3/p+2. The topological polar surface area (TPSA) is 42.2 Å². The number of aliphatic hydroxyl groups excluding tert-OH is 1. The first-order valence-electron chi connectivity index (χ1n) is 9.05. The normalized spacial score (nSPS) is 46.3. The van der Waals surface area contributed by atoms with Gasteiger partial charge in [0.25, 0.3) is 6.17 Å². The van der Waals surface area contributed by atoms with Crippen molar-refractivity contribution in [3.63, 3.8) is 0 Å². The number of quaternary nitrogens is 2. The Labute approximate surface area is 133 Å². The molecule has 0 spiro atoms. The minimum absolute atomic E-state index is 0.107. The largest absolute Gasteiger partial charge is 0.457 e. The van der Waals surface area contributed by atoms with E-state index >= 15 is 0 Å². The van der Waals surface area contributed by atoms with Crippen molar-refractivity contribution in [1.82, 2.24) is 0 Å². The Balaban J connectivity index is 1.72. The summed E-state index contributed by atoms with van der Waals surface area (Å²) >= 11 is 0. The third-order valence-corrected chi connectivity index (χ3v) is 6.62. The van der Waals surface area contributed by atoms with Crippen LogP contribution in [0.3, 0.4) is 0 Å². The quantitative estimate of drug-likeness (QED) is 0.718. The Morgan fingerprint density at radius 2 is 1.64 bits per heavy atom. The first kappa shape index (κ1) is 14.7. The van der Waals surface area contributed by atoms with E-state index in [0.29, 0.717) is 6.17 Å². The minimum Gasteiger partial charge on any atom is -0.457 e. The van der Waals surface area contributed by atoms with Crippen LogP contribution in [-0.4, -0.2) is 37.4 Å². The lowest BCUT2D eigenvalue weighted by molar-refractivity contribution is -1.19. The molecule has 0 aromatic carbocycles. The first-order valence-corrected chi connectivity index (χ1v) is 9.05. The SMILES string of the molecule is CCCC12C[NH+]3CC(CCC)(C[NH+](C1)C3c1ccco1)C2O. The predicted molar refractivity (Wildman–Crippen MR) is 83.5 cm³/mol. The minimum atomic E-state index is -0.107. The van der Waals surface area contributed by atoms with E-state index < -0.39 is 0 Å². The van der Waals surface area contributed by atoms with Crippen molar-refractivity contribution >= 4 is 0 Å². The molecule has 0 saturated carbocycles. The summed E-state index contributed by atoms with van der Waals surface area (Å²) < 4.78 is 5.77. The molecule has 3 N–H and O–H groups in total. The molecule has 4 aliphatic heterocycles. The van der Waals surface area contributed by atoms with Gasteiger partial charge in [-0.3, -0.25) is 9.80 Å². The van der Waals surface area contributed by atoms with Gasteiger partial charge in [-0.25, -0.2) is 0 Å². The molecular formula is C18H30N2O2+2. The highest BCUT2D eigenvalue weighted by atomic mass is 16.3. The molecule has 4 aliphatic rings.